The molecular weight excluding hydrogens is 264 g/mol. The van der Waals surface area contributed by atoms with Crippen molar-refractivity contribution in [3.05, 3.63) is 18.1 Å². The van der Waals surface area contributed by atoms with Crippen LogP contribution in [0.2, 0.25) is 0 Å². The zero-order chi connectivity index (χ0) is 13.7. The summed E-state index contributed by atoms with van der Waals surface area (Å²) in [5, 5.41) is 8.74. The summed E-state index contributed by atoms with van der Waals surface area (Å²) < 4.78 is 5.53. The molecule has 0 aliphatic carbocycles. The molecule has 1 aromatic rings. The Balaban J connectivity index is 2.00. The Kier molecular flexibility index (Phi) is 5.00. The lowest BCUT2D eigenvalue weighted by Crippen LogP contribution is -2.39. The van der Waals surface area contributed by atoms with Crippen LogP contribution in [-0.2, 0) is 4.74 Å². The Bertz CT molecular complexity index is 435. The number of nitrogens with zero attached hydrogens (tertiary/aromatic N) is 3. The Hall–Kier alpha value is -1.31. The minimum atomic E-state index is 0.0654. The van der Waals surface area contributed by atoms with E-state index in [2.05, 4.69) is 14.9 Å². The fourth-order valence-electron chi connectivity index (χ4n) is 2.19. The van der Waals surface area contributed by atoms with E-state index in [0.717, 1.165) is 31.7 Å². The number of anilines is 1. The largest absolute Gasteiger partial charge is 0.394 e. The molecule has 1 aliphatic rings. The summed E-state index contributed by atoms with van der Waals surface area (Å²) in [6.45, 7) is 2.11. The van der Waals surface area contributed by atoms with Gasteiger partial charge >= 0.3 is 0 Å². The number of thiocarbonyl (C=S) groups is 1. The van der Waals surface area contributed by atoms with Crippen LogP contribution >= 0.6 is 12.2 Å². The third-order valence-corrected chi connectivity index (χ3v) is 3.29. The van der Waals surface area contributed by atoms with Crippen LogP contribution in [0.3, 0.4) is 0 Å². The number of rotatable bonds is 5. The lowest BCUT2D eigenvalue weighted by molar-refractivity contribution is 0.0158. The summed E-state index contributed by atoms with van der Waals surface area (Å²) in [7, 11) is 0. The maximum Gasteiger partial charge on any atom is 0.157 e. The van der Waals surface area contributed by atoms with Gasteiger partial charge in [-0.3, -0.25) is 0 Å². The fraction of sp³-hybridized carbons (Fsp3) is 0.583. The van der Waals surface area contributed by atoms with Crippen LogP contribution in [0.25, 0.3) is 0 Å². The molecule has 6 nitrogen and oxygen atoms in total. The zero-order valence-electron chi connectivity index (χ0n) is 10.7. The van der Waals surface area contributed by atoms with Gasteiger partial charge in [0.05, 0.1) is 19.3 Å². The van der Waals surface area contributed by atoms with E-state index < -0.39 is 0 Å². The van der Waals surface area contributed by atoms with Crippen molar-refractivity contribution >= 4 is 23.0 Å². The summed E-state index contributed by atoms with van der Waals surface area (Å²) in [6, 6.07) is 0. The van der Waals surface area contributed by atoms with Crippen LogP contribution < -0.4 is 10.6 Å². The molecule has 2 heterocycles. The molecule has 0 atom stereocenters. The number of ether oxygens (including phenoxy) is 1. The molecule has 0 spiro atoms. The van der Waals surface area contributed by atoms with Gasteiger partial charge in [0.2, 0.25) is 0 Å². The predicted octanol–water partition coefficient (Wildman–Crippen LogP) is 0.0885. The third-order valence-electron chi connectivity index (χ3n) is 3.10. The van der Waals surface area contributed by atoms with Gasteiger partial charge in [-0.1, -0.05) is 12.2 Å². The normalized spacial score (nSPS) is 16.6. The van der Waals surface area contributed by atoms with E-state index in [-0.39, 0.29) is 17.7 Å². The van der Waals surface area contributed by atoms with E-state index in [1.54, 1.807) is 12.4 Å². The van der Waals surface area contributed by atoms with Gasteiger partial charge in [-0.2, -0.15) is 0 Å². The maximum absolute atomic E-state index is 8.74. The Morgan fingerprint density at radius 1 is 1.42 bits per heavy atom. The van der Waals surface area contributed by atoms with Crippen LogP contribution in [0, 0.1) is 0 Å². The molecule has 0 radical (unpaired) electrons. The van der Waals surface area contributed by atoms with Gasteiger partial charge in [0, 0.05) is 25.5 Å². The fourth-order valence-corrected chi connectivity index (χ4v) is 2.33. The molecule has 1 saturated heterocycles. The quantitative estimate of drug-likeness (QED) is 0.740. The van der Waals surface area contributed by atoms with E-state index in [1.807, 2.05) is 0 Å². The molecule has 0 unspecified atom stereocenters. The van der Waals surface area contributed by atoms with E-state index >= 15 is 0 Å². The van der Waals surface area contributed by atoms with E-state index in [9.17, 15) is 0 Å². The van der Waals surface area contributed by atoms with Crippen molar-refractivity contribution in [2.45, 2.75) is 18.9 Å². The van der Waals surface area contributed by atoms with E-state index in [0.29, 0.717) is 12.3 Å². The molecule has 0 aromatic carbocycles. The second-order valence-corrected chi connectivity index (χ2v) is 4.81. The molecule has 104 valence electrons. The summed E-state index contributed by atoms with van der Waals surface area (Å²) in [6.07, 6.45) is 5.23. The van der Waals surface area contributed by atoms with Crippen molar-refractivity contribution in [1.29, 1.82) is 0 Å². The monoisotopic (exact) mass is 282 g/mol. The number of piperidine rings is 1. The lowest BCUT2D eigenvalue weighted by Gasteiger charge is -2.33. The van der Waals surface area contributed by atoms with Crippen molar-refractivity contribution in [3.8, 4) is 0 Å². The van der Waals surface area contributed by atoms with Gasteiger partial charge in [-0.15, -0.1) is 0 Å². The minimum Gasteiger partial charge on any atom is -0.394 e. The highest BCUT2D eigenvalue weighted by Gasteiger charge is 2.23. The van der Waals surface area contributed by atoms with E-state index in [1.165, 1.54) is 0 Å². The van der Waals surface area contributed by atoms with Crippen molar-refractivity contribution in [1.82, 2.24) is 9.97 Å². The van der Waals surface area contributed by atoms with Crippen LogP contribution in [0.5, 0.6) is 0 Å². The Morgan fingerprint density at radius 2 is 2.11 bits per heavy atom. The Labute approximate surface area is 117 Å². The van der Waals surface area contributed by atoms with Crippen LogP contribution in [0.1, 0.15) is 18.5 Å². The highest BCUT2D eigenvalue weighted by molar-refractivity contribution is 7.80. The molecule has 19 heavy (non-hydrogen) atoms. The molecule has 0 bridgehead atoms. The van der Waals surface area contributed by atoms with Gasteiger partial charge in [-0.25, -0.2) is 9.97 Å². The van der Waals surface area contributed by atoms with Crippen molar-refractivity contribution in [2.24, 2.45) is 5.73 Å². The number of aromatic nitrogens is 2. The highest BCUT2D eigenvalue weighted by Crippen LogP contribution is 2.21. The first-order chi connectivity index (χ1) is 9.22. The highest BCUT2D eigenvalue weighted by atomic mass is 32.1. The molecule has 7 heteroatoms. The molecule has 1 fully saturated rings. The topological polar surface area (TPSA) is 84.5 Å². The summed E-state index contributed by atoms with van der Waals surface area (Å²) in [5.74, 6) is 0.746. The zero-order valence-corrected chi connectivity index (χ0v) is 11.5. The van der Waals surface area contributed by atoms with Crippen LogP contribution in [-0.4, -0.2) is 52.5 Å². The first-order valence-corrected chi connectivity index (χ1v) is 6.71. The smallest absolute Gasteiger partial charge is 0.157 e. The van der Waals surface area contributed by atoms with Gasteiger partial charge < -0.3 is 20.5 Å². The number of hydrogen-bond acceptors (Lipinski definition) is 6. The summed E-state index contributed by atoms with van der Waals surface area (Å²) >= 11 is 5.00. The van der Waals surface area contributed by atoms with Crippen molar-refractivity contribution in [3.63, 3.8) is 0 Å². The second-order valence-electron chi connectivity index (χ2n) is 4.37. The molecular formula is C12H18N4O2S. The summed E-state index contributed by atoms with van der Waals surface area (Å²) in [5.41, 5.74) is 6.24. The number of aliphatic hydroxyl groups is 1. The SMILES string of the molecule is NC(=S)c1nccnc1N1CCC(OCCO)CC1. The average Bonchev–Trinajstić information content (AvgIpc) is 2.45. The minimum absolute atomic E-state index is 0.0654. The third kappa shape index (κ3) is 3.59. The second kappa shape index (κ2) is 6.74. The number of aliphatic hydroxyl groups excluding tert-OH is 1. The average molecular weight is 282 g/mol. The van der Waals surface area contributed by atoms with Crippen LogP contribution in [0.15, 0.2) is 12.4 Å². The summed E-state index contributed by atoms with van der Waals surface area (Å²) in [4.78, 5) is 10.9. The van der Waals surface area contributed by atoms with Gasteiger partial charge in [0.25, 0.3) is 0 Å². The first-order valence-electron chi connectivity index (χ1n) is 6.30. The van der Waals surface area contributed by atoms with Gasteiger partial charge in [0.15, 0.2) is 5.82 Å². The Morgan fingerprint density at radius 3 is 2.74 bits per heavy atom. The lowest BCUT2D eigenvalue weighted by atomic mass is 10.1. The molecule has 1 aromatic heterocycles. The first kappa shape index (κ1) is 14.1. The van der Waals surface area contributed by atoms with Crippen molar-refractivity contribution in [2.75, 3.05) is 31.2 Å². The van der Waals surface area contributed by atoms with Gasteiger partial charge in [0.1, 0.15) is 10.7 Å². The standard InChI is InChI=1S/C12H18N4O2S/c13-11(19)10-12(15-4-3-14-10)16-5-1-9(2-6-16)18-8-7-17/h3-4,9,17H,1-2,5-8H2,(H2,13,19). The number of nitrogens with two attached hydrogens (primary N) is 1. The molecule has 0 saturated carbocycles. The number of hydrogen-bond donors (Lipinski definition) is 2. The molecule has 0 amide bonds. The molecule has 1 aliphatic heterocycles. The van der Waals surface area contributed by atoms with Crippen molar-refractivity contribution < 1.29 is 9.84 Å². The van der Waals surface area contributed by atoms with E-state index in [4.69, 9.17) is 27.8 Å². The molecule has 2 rings (SSSR count). The van der Waals surface area contributed by atoms with Crippen LogP contribution in [0.4, 0.5) is 5.82 Å². The predicted molar refractivity (Wildman–Crippen MR) is 76.2 cm³/mol. The maximum atomic E-state index is 8.74. The van der Waals surface area contributed by atoms with Gasteiger partial charge in [-0.05, 0) is 12.8 Å². The molecule has 3 N–H and O–H groups in total.